The average molecular weight is 267 g/mol. The summed E-state index contributed by atoms with van der Waals surface area (Å²) < 4.78 is 0. The molecule has 0 bridgehead atoms. The highest BCUT2D eigenvalue weighted by Crippen LogP contribution is 2.14. The smallest absolute Gasteiger partial charge is 0.225 e. The molecule has 2 N–H and O–H groups in total. The number of carbonyl (C=O) groups excluding carboxylic acids is 2. The predicted octanol–water partition coefficient (Wildman–Crippen LogP) is 0.359. The van der Waals surface area contributed by atoms with E-state index in [0.717, 1.165) is 39.0 Å². The monoisotopic (exact) mass is 267 g/mol. The van der Waals surface area contributed by atoms with Crippen LogP contribution in [0.1, 0.15) is 33.1 Å². The Morgan fingerprint density at radius 2 is 1.89 bits per heavy atom. The van der Waals surface area contributed by atoms with E-state index in [2.05, 4.69) is 24.5 Å². The molecule has 2 rings (SSSR count). The normalized spacial score (nSPS) is 21.3. The van der Waals surface area contributed by atoms with Crippen molar-refractivity contribution in [2.24, 2.45) is 11.8 Å². The fourth-order valence-electron chi connectivity index (χ4n) is 2.54. The Morgan fingerprint density at radius 1 is 1.26 bits per heavy atom. The van der Waals surface area contributed by atoms with E-state index >= 15 is 0 Å². The molecule has 108 valence electrons. The molecule has 2 heterocycles. The molecular weight excluding hydrogens is 242 g/mol. The minimum Gasteiger partial charge on any atom is -0.353 e. The van der Waals surface area contributed by atoms with Gasteiger partial charge in [0.05, 0.1) is 5.92 Å². The summed E-state index contributed by atoms with van der Waals surface area (Å²) >= 11 is 0. The van der Waals surface area contributed by atoms with Gasteiger partial charge in [-0.2, -0.15) is 0 Å². The molecule has 0 unspecified atom stereocenters. The fourth-order valence-corrected chi connectivity index (χ4v) is 2.54. The first-order chi connectivity index (χ1) is 9.06. The Labute approximate surface area is 115 Å². The van der Waals surface area contributed by atoms with Gasteiger partial charge in [-0.3, -0.25) is 9.59 Å². The summed E-state index contributed by atoms with van der Waals surface area (Å²) in [5.41, 5.74) is 0. The van der Waals surface area contributed by atoms with Crippen molar-refractivity contribution in [2.45, 2.75) is 39.2 Å². The van der Waals surface area contributed by atoms with Gasteiger partial charge in [-0.25, -0.2) is 0 Å². The van der Waals surface area contributed by atoms with Crippen molar-refractivity contribution in [1.29, 1.82) is 0 Å². The Balaban J connectivity index is 1.69. The van der Waals surface area contributed by atoms with E-state index in [-0.39, 0.29) is 23.8 Å². The first-order valence-corrected chi connectivity index (χ1v) is 7.35. The number of carbonyl (C=O) groups is 2. The lowest BCUT2D eigenvalue weighted by Gasteiger charge is -2.34. The number of nitrogens with zero attached hydrogens (tertiary/aromatic N) is 1. The zero-order valence-electron chi connectivity index (χ0n) is 11.9. The highest BCUT2D eigenvalue weighted by Gasteiger charge is 2.29. The van der Waals surface area contributed by atoms with Gasteiger partial charge in [0.2, 0.25) is 11.8 Å². The summed E-state index contributed by atoms with van der Waals surface area (Å²) in [6.07, 6.45) is 2.40. The topological polar surface area (TPSA) is 61.4 Å². The number of hydrogen-bond acceptors (Lipinski definition) is 3. The summed E-state index contributed by atoms with van der Waals surface area (Å²) in [6, 6.07) is 0.246. The van der Waals surface area contributed by atoms with Gasteiger partial charge in [-0.1, -0.05) is 13.8 Å². The van der Waals surface area contributed by atoms with E-state index in [1.165, 1.54) is 0 Å². The van der Waals surface area contributed by atoms with Gasteiger partial charge in [0.25, 0.3) is 0 Å². The van der Waals surface area contributed by atoms with Gasteiger partial charge in [0, 0.05) is 38.6 Å². The highest BCUT2D eigenvalue weighted by atomic mass is 16.2. The van der Waals surface area contributed by atoms with Gasteiger partial charge in [-0.05, 0) is 18.8 Å². The molecule has 0 spiro atoms. The van der Waals surface area contributed by atoms with E-state index in [1.807, 2.05) is 4.90 Å². The van der Waals surface area contributed by atoms with Crippen LogP contribution in [0.25, 0.3) is 0 Å². The molecule has 2 fully saturated rings. The number of hydrogen-bond donors (Lipinski definition) is 2. The van der Waals surface area contributed by atoms with Gasteiger partial charge in [0.1, 0.15) is 0 Å². The lowest BCUT2D eigenvalue weighted by atomic mass is 9.99. The fraction of sp³-hybridized carbons (Fsp3) is 0.857. The van der Waals surface area contributed by atoms with Crippen LogP contribution in [-0.2, 0) is 9.59 Å². The second kappa shape index (κ2) is 6.37. The Morgan fingerprint density at radius 3 is 2.37 bits per heavy atom. The molecule has 0 atom stereocenters. The van der Waals surface area contributed by atoms with Gasteiger partial charge in [0.15, 0.2) is 0 Å². The van der Waals surface area contributed by atoms with Crippen molar-refractivity contribution >= 4 is 11.8 Å². The van der Waals surface area contributed by atoms with Crippen LogP contribution < -0.4 is 10.6 Å². The number of nitrogens with one attached hydrogen (secondary N) is 2. The molecule has 5 heteroatoms. The zero-order chi connectivity index (χ0) is 13.8. The molecule has 0 aliphatic carbocycles. The van der Waals surface area contributed by atoms with Crippen LogP contribution in [0.4, 0.5) is 0 Å². The quantitative estimate of drug-likeness (QED) is 0.773. The number of likely N-dealkylation sites (tertiary alicyclic amines) is 1. The molecule has 0 radical (unpaired) electrons. The van der Waals surface area contributed by atoms with Gasteiger partial charge >= 0.3 is 0 Å². The summed E-state index contributed by atoms with van der Waals surface area (Å²) in [4.78, 5) is 25.7. The third-order valence-corrected chi connectivity index (χ3v) is 3.93. The molecule has 0 saturated carbocycles. The molecule has 0 aromatic heterocycles. The minimum atomic E-state index is 0.153. The van der Waals surface area contributed by atoms with Gasteiger partial charge < -0.3 is 15.5 Å². The SMILES string of the molecule is CC(C)CC(=O)N1CCC(NC(=O)C2CNC2)CC1. The zero-order valence-corrected chi connectivity index (χ0v) is 11.9. The van der Waals surface area contributed by atoms with Gasteiger partial charge in [-0.15, -0.1) is 0 Å². The minimum absolute atomic E-state index is 0.153. The van der Waals surface area contributed by atoms with E-state index < -0.39 is 0 Å². The molecule has 2 amide bonds. The predicted molar refractivity (Wildman–Crippen MR) is 73.6 cm³/mol. The van der Waals surface area contributed by atoms with Crippen LogP contribution in [0.3, 0.4) is 0 Å². The number of amides is 2. The third kappa shape index (κ3) is 3.93. The van der Waals surface area contributed by atoms with Crippen molar-refractivity contribution in [2.75, 3.05) is 26.2 Å². The second-order valence-corrected chi connectivity index (χ2v) is 6.12. The maximum atomic E-state index is 11.9. The first kappa shape index (κ1) is 14.3. The van der Waals surface area contributed by atoms with Crippen LogP contribution in [0.15, 0.2) is 0 Å². The van der Waals surface area contributed by atoms with Crippen molar-refractivity contribution in [1.82, 2.24) is 15.5 Å². The third-order valence-electron chi connectivity index (χ3n) is 3.93. The number of rotatable bonds is 4. The van der Waals surface area contributed by atoms with E-state index in [1.54, 1.807) is 0 Å². The van der Waals surface area contributed by atoms with E-state index in [4.69, 9.17) is 0 Å². The van der Waals surface area contributed by atoms with Crippen molar-refractivity contribution in [3.63, 3.8) is 0 Å². The molecule has 2 aliphatic heterocycles. The molecule has 2 aliphatic rings. The Kier molecular flexibility index (Phi) is 4.80. The highest BCUT2D eigenvalue weighted by molar-refractivity contribution is 5.80. The lowest BCUT2D eigenvalue weighted by molar-refractivity contribution is -0.133. The summed E-state index contributed by atoms with van der Waals surface area (Å²) in [5.74, 6) is 0.991. The maximum Gasteiger partial charge on any atom is 0.225 e. The Hall–Kier alpha value is -1.10. The largest absolute Gasteiger partial charge is 0.353 e. The summed E-state index contributed by atoms with van der Waals surface area (Å²) in [6.45, 7) is 7.29. The molecule has 5 nitrogen and oxygen atoms in total. The van der Waals surface area contributed by atoms with Crippen LogP contribution in [-0.4, -0.2) is 48.9 Å². The maximum absolute atomic E-state index is 11.9. The second-order valence-electron chi connectivity index (χ2n) is 6.12. The van der Waals surface area contributed by atoms with Crippen LogP contribution in [0.2, 0.25) is 0 Å². The first-order valence-electron chi connectivity index (χ1n) is 7.35. The van der Waals surface area contributed by atoms with Crippen LogP contribution in [0, 0.1) is 11.8 Å². The van der Waals surface area contributed by atoms with Crippen LogP contribution >= 0.6 is 0 Å². The van der Waals surface area contributed by atoms with E-state index in [0.29, 0.717) is 12.3 Å². The molecule has 2 saturated heterocycles. The summed E-state index contributed by atoms with van der Waals surface area (Å²) in [5, 5.41) is 6.21. The summed E-state index contributed by atoms with van der Waals surface area (Å²) in [7, 11) is 0. The molecular formula is C14H25N3O2. The average Bonchev–Trinajstić information content (AvgIpc) is 2.26. The van der Waals surface area contributed by atoms with Crippen molar-refractivity contribution in [3.05, 3.63) is 0 Å². The van der Waals surface area contributed by atoms with E-state index in [9.17, 15) is 9.59 Å². The number of piperidine rings is 1. The van der Waals surface area contributed by atoms with Crippen molar-refractivity contribution in [3.8, 4) is 0 Å². The standard InChI is InChI=1S/C14H25N3O2/c1-10(2)7-13(18)17-5-3-12(4-6-17)16-14(19)11-8-15-9-11/h10-12,15H,3-9H2,1-2H3,(H,16,19). The van der Waals surface area contributed by atoms with Crippen LogP contribution in [0.5, 0.6) is 0 Å². The van der Waals surface area contributed by atoms with Crippen molar-refractivity contribution < 1.29 is 9.59 Å². The molecule has 0 aromatic carbocycles. The molecule has 0 aromatic rings. The molecule has 19 heavy (non-hydrogen) atoms. The Bertz CT molecular complexity index is 332. The lowest BCUT2D eigenvalue weighted by Crippen LogP contribution is -2.54.